The molecular weight excluding hydrogens is 342 g/mol. The number of nitro groups is 1. The van der Waals surface area contributed by atoms with E-state index in [2.05, 4.69) is 0 Å². The van der Waals surface area contributed by atoms with Crippen molar-refractivity contribution in [3.8, 4) is 17.6 Å². The number of rotatable bonds is 3. The van der Waals surface area contributed by atoms with E-state index in [0.717, 1.165) is 6.07 Å². The lowest BCUT2D eigenvalue weighted by Crippen LogP contribution is -2.27. The van der Waals surface area contributed by atoms with Gasteiger partial charge in [-0.2, -0.15) is 5.26 Å². The Labute approximate surface area is 148 Å². The number of nitro benzene ring substituents is 1. The third kappa shape index (κ3) is 2.61. The SMILES string of the molecule is COc1cc([C@H]2C(C#N)=C(N)OC3=C2C(=O)CCC3)cc([N+](=O)[O-])c1O. The van der Waals surface area contributed by atoms with Gasteiger partial charge in [-0.3, -0.25) is 14.9 Å². The van der Waals surface area contributed by atoms with Crippen molar-refractivity contribution in [2.24, 2.45) is 5.73 Å². The van der Waals surface area contributed by atoms with Gasteiger partial charge in [0.1, 0.15) is 17.4 Å². The first-order chi connectivity index (χ1) is 12.4. The Bertz CT molecular complexity index is 925. The van der Waals surface area contributed by atoms with Crippen molar-refractivity contribution in [3.05, 3.63) is 50.6 Å². The zero-order valence-corrected chi connectivity index (χ0v) is 13.8. The lowest BCUT2D eigenvalue weighted by molar-refractivity contribution is -0.386. The minimum Gasteiger partial charge on any atom is -0.500 e. The van der Waals surface area contributed by atoms with Crippen LogP contribution in [0, 0.1) is 21.4 Å². The predicted molar refractivity (Wildman–Crippen MR) is 87.8 cm³/mol. The van der Waals surface area contributed by atoms with Gasteiger partial charge in [-0.1, -0.05) is 0 Å². The molecule has 0 unspecified atom stereocenters. The largest absolute Gasteiger partial charge is 0.500 e. The number of phenolic OH excluding ortho intramolecular Hbond substituents is 1. The van der Waals surface area contributed by atoms with Gasteiger partial charge in [0.15, 0.2) is 11.5 Å². The number of aromatic hydroxyl groups is 1. The van der Waals surface area contributed by atoms with Crippen LogP contribution in [0.4, 0.5) is 5.69 Å². The van der Waals surface area contributed by atoms with Crippen molar-refractivity contribution in [2.75, 3.05) is 7.11 Å². The Morgan fingerprint density at radius 1 is 1.46 bits per heavy atom. The van der Waals surface area contributed by atoms with E-state index in [1.807, 2.05) is 6.07 Å². The standard InChI is InChI=1S/C17H15N3O6/c1-25-13-6-8(5-10(16(13)22)20(23)24)14-9(7-18)17(19)26-12-4-2-3-11(21)15(12)14/h5-6,14,22H,2-4,19H2,1H3/t14-/m0/s1. The van der Waals surface area contributed by atoms with Gasteiger partial charge >= 0.3 is 5.69 Å². The molecule has 9 heteroatoms. The molecule has 0 bridgehead atoms. The van der Waals surface area contributed by atoms with Crippen LogP contribution < -0.4 is 10.5 Å². The number of methoxy groups -OCH3 is 1. The highest BCUT2D eigenvalue weighted by atomic mass is 16.6. The Morgan fingerprint density at radius 2 is 2.19 bits per heavy atom. The molecular formula is C17H15N3O6. The molecule has 1 atom stereocenters. The van der Waals surface area contributed by atoms with Crippen LogP contribution in [0.25, 0.3) is 0 Å². The molecule has 3 N–H and O–H groups in total. The molecule has 1 heterocycles. The van der Waals surface area contributed by atoms with Crippen LogP contribution in [0.5, 0.6) is 11.5 Å². The van der Waals surface area contributed by atoms with Crippen LogP contribution in [0.3, 0.4) is 0 Å². The maximum Gasteiger partial charge on any atom is 0.314 e. The van der Waals surface area contributed by atoms with Crippen molar-refractivity contribution in [1.82, 2.24) is 0 Å². The van der Waals surface area contributed by atoms with E-state index in [0.29, 0.717) is 18.6 Å². The number of hydrogen-bond donors (Lipinski definition) is 2. The minimum absolute atomic E-state index is 0.0129. The van der Waals surface area contributed by atoms with Crippen LogP contribution in [-0.2, 0) is 9.53 Å². The zero-order chi connectivity index (χ0) is 19.0. The number of ketones is 1. The second-order valence-electron chi connectivity index (χ2n) is 5.89. The molecule has 134 valence electrons. The van der Waals surface area contributed by atoms with Crippen molar-refractivity contribution in [3.63, 3.8) is 0 Å². The first kappa shape index (κ1) is 17.3. The van der Waals surface area contributed by atoms with Crippen LogP contribution in [0.15, 0.2) is 34.9 Å². The van der Waals surface area contributed by atoms with E-state index in [9.17, 15) is 25.3 Å². The third-order valence-electron chi connectivity index (χ3n) is 4.43. The molecule has 0 radical (unpaired) electrons. The molecule has 0 spiro atoms. The molecule has 1 aliphatic carbocycles. The number of allylic oxidation sites excluding steroid dienone is 3. The first-order valence-electron chi connectivity index (χ1n) is 7.78. The normalized spacial score (nSPS) is 19.5. The van der Waals surface area contributed by atoms with E-state index in [4.69, 9.17) is 15.2 Å². The number of ether oxygens (including phenoxy) is 2. The van der Waals surface area contributed by atoms with E-state index in [1.54, 1.807) is 0 Å². The summed E-state index contributed by atoms with van der Waals surface area (Å²) in [5.74, 6) is -1.65. The van der Waals surface area contributed by atoms with E-state index >= 15 is 0 Å². The number of hydrogen-bond acceptors (Lipinski definition) is 8. The summed E-state index contributed by atoms with van der Waals surface area (Å²) in [5, 5.41) is 30.8. The molecule has 3 rings (SSSR count). The van der Waals surface area contributed by atoms with Crippen molar-refractivity contribution in [2.45, 2.75) is 25.2 Å². The number of nitrogens with zero attached hydrogens (tertiary/aromatic N) is 2. The second kappa shape index (κ2) is 6.40. The van der Waals surface area contributed by atoms with E-state index in [-0.39, 0.29) is 40.5 Å². The molecule has 2 aliphatic rings. The van der Waals surface area contributed by atoms with Gasteiger partial charge in [-0.05, 0) is 18.1 Å². The molecule has 0 saturated carbocycles. The highest BCUT2D eigenvalue weighted by Crippen LogP contribution is 2.47. The zero-order valence-electron chi connectivity index (χ0n) is 13.8. The minimum atomic E-state index is -0.912. The van der Waals surface area contributed by atoms with Gasteiger partial charge in [0.2, 0.25) is 11.6 Å². The Balaban J connectivity index is 2.28. The molecule has 0 amide bonds. The van der Waals surface area contributed by atoms with Crippen LogP contribution >= 0.6 is 0 Å². The van der Waals surface area contributed by atoms with Crippen molar-refractivity contribution in [1.29, 1.82) is 5.26 Å². The summed E-state index contributed by atoms with van der Waals surface area (Å²) >= 11 is 0. The van der Waals surface area contributed by atoms with Gasteiger partial charge in [0.25, 0.3) is 0 Å². The first-order valence-corrected chi connectivity index (χ1v) is 7.78. The summed E-state index contributed by atoms with van der Waals surface area (Å²) in [7, 11) is 1.25. The average Bonchev–Trinajstić information content (AvgIpc) is 2.60. The van der Waals surface area contributed by atoms with E-state index in [1.165, 1.54) is 13.2 Å². The topological polar surface area (TPSA) is 149 Å². The fraction of sp³-hybridized carbons (Fsp3) is 0.294. The molecule has 1 aliphatic heterocycles. The number of nitrogens with two attached hydrogens (primary N) is 1. The Kier molecular flexibility index (Phi) is 4.26. The number of carbonyl (C=O) groups excluding carboxylic acids is 1. The smallest absolute Gasteiger partial charge is 0.314 e. The summed E-state index contributed by atoms with van der Waals surface area (Å²) in [6.45, 7) is 0. The third-order valence-corrected chi connectivity index (χ3v) is 4.43. The number of carbonyl (C=O) groups is 1. The molecule has 0 saturated heterocycles. The molecule has 0 fully saturated rings. The monoisotopic (exact) mass is 357 g/mol. The number of nitriles is 1. The summed E-state index contributed by atoms with van der Waals surface area (Å²) in [6.07, 6.45) is 1.36. The molecule has 26 heavy (non-hydrogen) atoms. The maximum atomic E-state index is 12.5. The van der Waals surface area contributed by atoms with Gasteiger partial charge in [0.05, 0.1) is 18.0 Å². The predicted octanol–water partition coefficient (Wildman–Crippen LogP) is 2.12. The second-order valence-corrected chi connectivity index (χ2v) is 5.89. The van der Waals surface area contributed by atoms with Gasteiger partial charge in [-0.15, -0.1) is 0 Å². The van der Waals surface area contributed by atoms with Crippen molar-refractivity contribution < 1.29 is 24.3 Å². The number of phenols is 1. The molecule has 9 nitrogen and oxygen atoms in total. The Morgan fingerprint density at radius 3 is 2.81 bits per heavy atom. The number of benzene rings is 1. The lowest BCUT2D eigenvalue weighted by atomic mass is 9.77. The summed E-state index contributed by atoms with van der Waals surface area (Å²) in [4.78, 5) is 23.0. The van der Waals surface area contributed by atoms with Gasteiger partial charge < -0.3 is 20.3 Å². The van der Waals surface area contributed by atoms with Crippen LogP contribution in [0.1, 0.15) is 30.7 Å². The van der Waals surface area contributed by atoms with Crippen LogP contribution in [-0.4, -0.2) is 22.9 Å². The highest BCUT2D eigenvalue weighted by Gasteiger charge is 2.39. The molecule has 0 aromatic heterocycles. The summed E-state index contributed by atoms with van der Waals surface area (Å²) < 4.78 is 10.5. The summed E-state index contributed by atoms with van der Waals surface area (Å²) in [5.41, 5.74) is 5.75. The quantitative estimate of drug-likeness (QED) is 0.617. The molecule has 1 aromatic rings. The van der Waals surface area contributed by atoms with E-state index < -0.39 is 22.3 Å². The fourth-order valence-corrected chi connectivity index (χ4v) is 3.26. The maximum absolute atomic E-state index is 12.5. The van der Waals surface area contributed by atoms with Crippen LogP contribution in [0.2, 0.25) is 0 Å². The Hall–Kier alpha value is -3.54. The summed E-state index contributed by atoms with van der Waals surface area (Å²) in [6, 6.07) is 4.40. The van der Waals surface area contributed by atoms with Gasteiger partial charge in [0, 0.05) is 24.5 Å². The van der Waals surface area contributed by atoms with Gasteiger partial charge in [-0.25, -0.2) is 0 Å². The van der Waals surface area contributed by atoms with Crippen molar-refractivity contribution >= 4 is 11.5 Å². The number of Topliss-reactive ketones (excluding diaryl/α,β-unsaturated/α-hetero) is 1. The average molecular weight is 357 g/mol. The fourth-order valence-electron chi connectivity index (χ4n) is 3.26. The highest BCUT2D eigenvalue weighted by molar-refractivity contribution is 5.99. The lowest BCUT2D eigenvalue weighted by Gasteiger charge is -2.31. The molecule has 1 aromatic carbocycles.